The van der Waals surface area contributed by atoms with Crippen LogP contribution in [-0.4, -0.2) is 62.5 Å². The molecule has 1 aliphatic heterocycles. The number of benzene rings is 1. The van der Waals surface area contributed by atoms with Gasteiger partial charge in [0.15, 0.2) is 0 Å². The van der Waals surface area contributed by atoms with Crippen molar-refractivity contribution in [3.8, 4) is 5.75 Å². The third-order valence-electron chi connectivity index (χ3n) is 6.10. The Morgan fingerprint density at radius 1 is 1.09 bits per heavy atom. The monoisotopic (exact) mass is 471 g/mol. The Bertz CT molecular complexity index is 910. The van der Waals surface area contributed by atoms with E-state index < -0.39 is 29.9 Å². The fourth-order valence-corrected chi connectivity index (χ4v) is 3.91. The van der Waals surface area contributed by atoms with E-state index in [0.29, 0.717) is 25.4 Å². The van der Waals surface area contributed by atoms with E-state index >= 15 is 0 Å². The minimum atomic E-state index is -0.924. The number of hydrogen-bond acceptors (Lipinski definition) is 6. The molecule has 1 aromatic rings. The molecule has 0 spiro atoms. The summed E-state index contributed by atoms with van der Waals surface area (Å²) in [6.07, 6.45) is 6.49. The predicted molar refractivity (Wildman–Crippen MR) is 125 cm³/mol. The van der Waals surface area contributed by atoms with Gasteiger partial charge in [0, 0.05) is 6.42 Å². The quantitative estimate of drug-likeness (QED) is 0.309. The molecule has 3 rings (SSSR count). The van der Waals surface area contributed by atoms with Gasteiger partial charge in [-0.05, 0) is 50.3 Å². The summed E-state index contributed by atoms with van der Waals surface area (Å²) in [7, 11) is 1.57. The minimum absolute atomic E-state index is 0.215. The molecule has 0 aromatic heterocycles. The van der Waals surface area contributed by atoms with Crippen molar-refractivity contribution in [2.75, 3.05) is 20.3 Å². The first-order chi connectivity index (χ1) is 16.4. The number of allylic oxidation sites excluding steroid dienone is 1. The van der Waals surface area contributed by atoms with Crippen LogP contribution in [0.15, 0.2) is 35.9 Å². The number of aldehydes is 1. The van der Waals surface area contributed by atoms with E-state index in [1.54, 1.807) is 26.2 Å². The Labute approximate surface area is 199 Å². The van der Waals surface area contributed by atoms with Crippen molar-refractivity contribution >= 4 is 24.0 Å². The predicted octanol–water partition coefficient (Wildman–Crippen LogP) is 1.06. The summed E-state index contributed by atoms with van der Waals surface area (Å²) in [6.45, 7) is 2.24. The standard InChI is InChI=1S/C25H33N3O6/c1-16(26-24(31)19-14-34-15-19)23(30)28-22(12-18-7-9-21(33-2)10-8-18)25(32)27-20(13-29)11-17-5-3-4-6-17/h5,7-10,13,16,19-20,22H,3-4,6,11-12,14-15H2,1-2H3,(H,26,31)(H,27,32)(H,28,30). The van der Waals surface area contributed by atoms with Crippen molar-refractivity contribution in [1.82, 2.24) is 16.0 Å². The number of hydrogen-bond donors (Lipinski definition) is 3. The molecular weight excluding hydrogens is 438 g/mol. The van der Waals surface area contributed by atoms with Crippen LogP contribution in [0.3, 0.4) is 0 Å². The second kappa shape index (κ2) is 12.3. The van der Waals surface area contributed by atoms with Crippen LogP contribution in [0.25, 0.3) is 0 Å². The van der Waals surface area contributed by atoms with Gasteiger partial charge in [-0.2, -0.15) is 0 Å². The Balaban J connectivity index is 1.66. The van der Waals surface area contributed by atoms with Gasteiger partial charge in [-0.3, -0.25) is 14.4 Å². The molecule has 2 aliphatic rings. The lowest BCUT2D eigenvalue weighted by Crippen LogP contribution is -2.56. The highest BCUT2D eigenvalue weighted by Gasteiger charge is 2.30. The number of methoxy groups -OCH3 is 1. The second-order valence-corrected chi connectivity index (χ2v) is 8.79. The van der Waals surface area contributed by atoms with Crippen molar-refractivity contribution in [2.45, 2.75) is 57.2 Å². The number of nitrogens with one attached hydrogen (secondary N) is 3. The molecule has 0 bridgehead atoms. The zero-order chi connectivity index (χ0) is 24.5. The molecule has 0 saturated carbocycles. The van der Waals surface area contributed by atoms with Gasteiger partial charge >= 0.3 is 0 Å². The third-order valence-corrected chi connectivity index (χ3v) is 6.10. The Kier molecular flexibility index (Phi) is 9.21. The van der Waals surface area contributed by atoms with E-state index in [1.807, 2.05) is 12.1 Å². The first-order valence-corrected chi connectivity index (χ1v) is 11.6. The van der Waals surface area contributed by atoms with E-state index in [0.717, 1.165) is 36.7 Å². The number of ether oxygens (including phenoxy) is 2. The maximum absolute atomic E-state index is 13.1. The van der Waals surface area contributed by atoms with Crippen molar-refractivity contribution in [3.05, 3.63) is 41.5 Å². The molecule has 9 heteroatoms. The highest BCUT2D eigenvalue weighted by molar-refractivity contribution is 5.93. The molecule has 1 heterocycles. The van der Waals surface area contributed by atoms with Gasteiger partial charge in [0.1, 0.15) is 24.1 Å². The van der Waals surface area contributed by atoms with Gasteiger partial charge in [-0.25, -0.2) is 0 Å². The van der Waals surface area contributed by atoms with Crippen LogP contribution in [0.5, 0.6) is 5.75 Å². The number of amides is 3. The lowest BCUT2D eigenvalue weighted by molar-refractivity contribution is -0.141. The maximum Gasteiger partial charge on any atom is 0.243 e. The minimum Gasteiger partial charge on any atom is -0.497 e. The molecule has 34 heavy (non-hydrogen) atoms. The van der Waals surface area contributed by atoms with E-state index in [4.69, 9.17) is 9.47 Å². The summed E-state index contributed by atoms with van der Waals surface area (Å²) in [5, 5.41) is 8.17. The number of rotatable bonds is 12. The van der Waals surface area contributed by atoms with Gasteiger partial charge in [0.25, 0.3) is 0 Å². The highest BCUT2D eigenvalue weighted by atomic mass is 16.5. The molecule has 1 fully saturated rings. The van der Waals surface area contributed by atoms with E-state index in [-0.39, 0.29) is 18.2 Å². The fraction of sp³-hybridized carbons (Fsp3) is 0.520. The van der Waals surface area contributed by atoms with Crippen LogP contribution in [-0.2, 0) is 30.3 Å². The molecule has 3 unspecified atom stereocenters. The zero-order valence-electron chi connectivity index (χ0n) is 19.7. The first-order valence-electron chi connectivity index (χ1n) is 11.6. The normalized spacial score (nSPS) is 18.0. The molecular formula is C25H33N3O6. The largest absolute Gasteiger partial charge is 0.497 e. The average Bonchev–Trinajstić information content (AvgIpc) is 3.30. The molecule has 1 saturated heterocycles. The third kappa shape index (κ3) is 7.15. The first kappa shape index (κ1) is 25.4. The van der Waals surface area contributed by atoms with Gasteiger partial charge in [-0.15, -0.1) is 0 Å². The van der Waals surface area contributed by atoms with Crippen LogP contribution in [0, 0.1) is 5.92 Å². The fourth-order valence-electron chi connectivity index (χ4n) is 3.91. The SMILES string of the molecule is COc1ccc(CC(NC(=O)C(C)NC(=O)C2COC2)C(=O)NC(C=O)CC2=CCCC2)cc1. The smallest absolute Gasteiger partial charge is 0.243 e. The van der Waals surface area contributed by atoms with Crippen molar-refractivity contribution < 1.29 is 28.7 Å². The summed E-state index contributed by atoms with van der Waals surface area (Å²) in [5.74, 6) is -0.770. The second-order valence-electron chi connectivity index (χ2n) is 8.79. The Hall–Kier alpha value is -3.20. The number of carbonyl (C=O) groups excluding carboxylic acids is 4. The van der Waals surface area contributed by atoms with E-state index in [1.165, 1.54) is 0 Å². The highest BCUT2D eigenvalue weighted by Crippen LogP contribution is 2.21. The lowest BCUT2D eigenvalue weighted by Gasteiger charge is -2.27. The van der Waals surface area contributed by atoms with Crippen LogP contribution < -0.4 is 20.7 Å². The van der Waals surface area contributed by atoms with Crippen LogP contribution in [0.2, 0.25) is 0 Å². The van der Waals surface area contributed by atoms with Gasteiger partial charge in [-0.1, -0.05) is 23.8 Å². The van der Waals surface area contributed by atoms with Gasteiger partial charge in [0.2, 0.25) is 17.7 Å². The number of carbonyl (C=O) groups is 4. The molecule has 3 N–H and O–H groups in total. The Morgan fingerprint density at radius 2 is 1.82 bits per heavy atom. The van der Waals surface area contributed by atoms with Gasteiger partial charge in [0.05, 0.1) is 32.3 Å². The summed E-state index contributed by atoms with van der Waals surface area (Å²) in [4.78, 5) is 49.7. The van der Waals surface area contributed by atoms with Crippen LogP contribution in [0.4, 0.5) is 0 Å². The van der Waals surface area contributed by atoms with Crippen molar-refractivity contribution in [3.63, 3.8) is 0 Å². The molecule has 9 nitrogen and oxygen atoms in total. The van der Waals surface area contributed by atoms with E-state index in [2.05, 4.69) is 22.0 Å². The molecule has 3 atom stereocenters. The molecule has 3 amide bonds. The maximum atomic E-state index is 13.1. The van der Waals surface area contributed by atoms with Gasteiger partial charge < -0.3 is 30.2 Å². The van der Waals surface area contributed by atoms with Crippen LogP contribution in [0.1, 0.15) is 38.2 Å². The molecule has 0 radical (unpaired) electrons. The molecule has 1 aromatic carbocycles. The Morgan fingerprint density at radius 3 is 2.38 bits per heavy atom. The summed E-state index contributed by atoms with van der Waals surface area (Å²) >= 11 is 0. The summed E-state index contributed by atoms with van der Waals surface area (Å²) in [5.41, 5.74) is 1.97. The summed E-state index contributed by atoms with van der Waals surface area (Å²) < 4.78 is 10.2. The topological polar surface area (TPSA) is 123 Å². The van der Waals surface area contributed by atoms with Crippen molar-refractivity contribution in [1.29, 1.82) is 0 Å². The average molecular weight is 472 g/mol. The lowest BCUT2D eigenvalue weighted by atomic mass is 10.0. The van der Waals surface area contributed by atoms with Crippen molar-refractivity contribution in [2.24, 2.45) is 5.92 Å². The summed E-state index contributed by atoms with van der Waals surface area (Å²) in [6, 6.07) is 4.76. The van der Waals surface area contributed by atoms with E-state index in [9.17, 15) is 19.2 Å². The molecule has 184 valence electrons. The van der Waals surface area contributed by atoms with Crippen LogP contribution >= 0.6 is 0 Å². The molecule has 1 aliphatic carbocycles. The zero-order valence-corrected chi connectivity index (χ0v) is 19.7.